The Hall–Kier alpha value is -3.65. The Morgan fingerprint density at radius 1 is 1.06 bits per heavy atom. The molecule has 0 radical (unpaired) electrons. The average Bonchev–Trinajstić information content (AvgIpc) is 3.15. The number of fused-ring (bicyclic) bond motifs is 1. The van der Waals surface area contributed by atoms with Gasteiger partial charge in [-0.05, 0) is 60.2 Å². The number of nitrogens with zero attached hydrogens (tertiary/aromatic N) is 1. The zero-order valence-electron chi connectivity index (χ0n) is 17.3. The monoisotopic (exact) mass is 474 g/mol. The number of esters is 1. The summed E-state index contributed by atoms with van der Waals surface area (Å²) in [4.78, 5) is 12.1. The van der Waals surface area contributed by atoms with Crippen LogP contribution in [0.25, 0.3) is 10.9 Å². The number of nitrogens with one attached hydrogen (secondary N) is 1. The maximum Gasteiger partial charge on any atom is 0.573 e. The van der Waals surface area contributed by atoms with Gasteiger partial charge in [0.15, 0.2) is 0 Å². The van der Waals surface area contributed by atoms with Crippen molar-refractivity contribution in [3.8, 4) is 5.75 Å². The number of hydrogen-bond acceptors (Lipinski definition) is 4. The standard InChI is InChI=1S/C24H18ClF3N2O3/c1-32-23(31)20-13-17(25)5-7-21(20)29-18-6-8-22-16(12-18)9-10-30(22)14-15-3-2-4-19(11-15)33-24(26,27)28/h2-13,29H,14H2,1H3. The van der Waals surface area contributed by atoms with Gasteiger partial charge >= 0.3 is 12.3 Å². The van der Waals surface area contributed by atoms with Crippen LogP contribution in [0.15, 0.2) is 72.9 Å². The highest BCUT2D eigenvalue weighted by Crippen LogP contribution is 2.29. The Labute approximate surface area is 192 Å². The Morgan fingerprint density at radius 3 is 2.64 bits per heavy atom. The molecule has 1 aromatic heterocycles. The van der Waals surface area contributed by atoms with Crippen molar-refractivity contribution in [3.63, 3.8) is 0 Å². The number of halogens is 4. The lowest BCUT2D eigenvalue weighted by Crippen LogP contribution is -2.17. The maximum absolute atomic E-state index is 12.5. The largest absolute Gasteiger partial charge is 0.573 e. The lowest BCUT2D eigenvalue weighted by molar-refractivity contribution is -0.274. The van der Waals surface area contributed by atoms with Gasteiger partial charge in [-0.2, -0.15) is 0 Å². The van der Waals surface area contributed by atoms with E-state index >= 15 is 0 Å². The van der Waals surface area contributed by atoms with E-state index in [-0.39, 0.29) is 5.75 Å². The molecule has 1 heterocycles. The lowest BCUT2D eigenvalue weighted by atomic mass is 10.1. The van der Waals surface area contributed by atoms with Gasteiger partial charge in [-0.15, -0.1) is 13.2 Å². The smallest absolute Gasteiger partial charge is 0.465 e. The first-order valence-electron chi connectivity index (χ1n) is 9.80. The highest BCUT2D eigenvalue weighted by Gasteiger charge is 2.31. The molecule has 1 N–H and O–H groups in total. The van der Waals surface area contributed by atoms with Crippen molar-refractivity contribution in [1.82, 2.24) is 4.57 Å². The number of aromatic nitrogens is 1. The van der Waals surface area contributed by atoms with Gasteiger partial charge < -0.3 is 19.4 Å². The van der Waals surface area contributed by atoms with Gasteiger partial charge in [0.1, 0.15) is 5.75 Å². The Kier molecular flexibility index (Phi) is 6.20. The minimum atomic E-state index is -4.74. The van der Waals surface area contributed by atoms with E-state index < -0.39 is 12.3 Å². The van der Waals surface area contributed by atoms with E-state index in [1.54, 1.807) is 18.2 Å². The molecular formula is C24H18ClF3N2O3. The van der Waals surface area contributed by atoms with Gasteiger partial charge in [-0.3, -0.25) is 0 Å². The van der Waals surface area contributed by atoms with Crippen LogP contribution in [-0.4, -0.2) is 24.0 Å². The fourth-order valence-corrected chi connectivity index (χ4v) is 3.69. The summed E-state index contributed by atoms with van der Waals surface area (Å²) in [5.41, 5.74) is 3.16. The van der Waals surface area contributed by atoms with Gasteiger partial charge in [0.2, 0.25) is 0 Å². The first kappa shape index (κ1) is 22.5. The second kappa shape index (κ2) is 9.07. The van der Waals surface area contributed by atoms with E-state index in [0.717, 1.165) is 16.6 Å². The zero-order chi connectivity index (χ0) is 23.6. The summed E-state index contributed by atoms with van der Waals surface area (Å²) >= 11 is 6.01. The first-order valence-corrected chi connectivity index (χ1v) is 10.2. The van der Waals surface area contributed by atoms with E-state index in [4.69, 9.17) is 16.3 Å². The van der Waals surface area contributed by atoms with Crippen LogP contribution in [0.3, 0.4) is 0 Å². The summed E-state index contributed by atoms with van der Waals surface area (Å²) in [6, 6.07) is 18.3. The summed E-state index contributed by atoms with van der Waals surface area (Å²) in [6.45, 7) is 0.370. The number of hydrogen-bond donors (Lipinski definition) is 1. The minimum absolute atomic E-state index is 0.257. The van der Waals surface area contributed by atoms with Crippen LogP contribution in [0, 0.1) is 0 Å². The Morgan fingerprint density at radius 2 is 1.88 bits per heavy atom. The van der Waals surface area contributed by atoms with Crippen molar-refractivity contribution in [2.24, 2.45) is 0 Å². The van der Waals surface area contributed by atoms with Crippen LogP contribution in [0.1, 0.15) is 15.9 Å². The molecule has 0 bridgehead atoms. The molecule has 0 aliphatic carbocycles. The number of alkyl halides is 3. The Bertz CT molecular complexity index is 1320. The molecule has 0 saturated heterocycles. The summed E-state index contributed by atoms with van der Waals surface area (Å²) in [5, 5.41) is 4.53. The van der Waals surface area contributed by atoms with Gasteiger partial charge in [0.25, 0.3) is 0 Å². The van der Waals surface area contributed by atoms with Crippen molar-refractivity contribution in [1.29, 1.82) is 0 Å². The molecule has 4 aromatic rings. The number of ether oxygens (including phenoxy) is 2. The maximum atomic E-state index is 12.5. The van der Waals surface area contributed by atoms with Crippen molar-refractivity contribution in [2.45, 2.75) is 12.9 Å². The normalized spacial score (nSPS) is 11.4. The SMILES string of the molecule is COC(=O)c1cc(Cl)ccc1Nc1ccc2c(ccn2Cc2cccc(OC(F)(F)F)c2)c1. The van der Waals surface area contributed by atoms with Crippen molar-refractivity contribution in [3.05, 3.63) is 89.1 Å². The molecule has 0 saturated carbocycles. The van der Waals surface area contributed by atoms with Gasteiger partial charge in [0, 0.05) is 34.4 Å². The Balaban J connectivity index is 1.57. The van der Waals surface area contributed by atoms with E-state index in [0.29, 0.717) is 28.4 Å². The molecule has 170 valence electrons. The van der Waals surface area contributed by atoms with Crippen LogP contribution in [0.2, 0.25) is 5.02 Å². The highest BCUT2D eigenvalue weighted by atomic mass is 35.5. The first-order chi connectivity index (χ1) is 15.7. The molecular weight excluding hydrogens is 457 g/mol. The third kappa shape index (κ3) is 5.40. The summed E-state index contributed by atoms with van der Waals surface area (Å²) in [7, 11) is 1.30. The second-order valence-electron chi connectivity index (χ2n) is 7.22. The average molecular weight is 475 g/mol. The van der Waals surface area contributed by atoms with E-state index in [9.17, 15) is 18.0 Å². The molecule has 0 aliphatic rings. The van der Waals surface area contributed by atoms with E-state index in [1.807, 2.05) is 35.0 Å². The van der Waals surface area contributed by atoms with Crippen molar-refractivity contribution < 1.29 is 27.4 Å². The lowest BCUT2D eigenvalue weighted by Gasteiger charge is -2.12. The molecule has 4 rings (SSSR count). The van der Waals surface area contributed by atoms with Gasteiger partial charge in [-0.1, -0.05) is 23.7 Å². The molecule has 0 amide bonds. The number of carbonyl (C=O) groups is 1. The third-order valence-electron chi connectivity index (χ3n) is 4.92. The number of carbonyl (C=O) groups excluding carboxylic acids is 1. The van der Waals surface area contributed by atoms with E-state index in [2.05, 4.69) is 10.1 Å². The second-order valence-corrected chi connectivity index (χ2v) is 7.66. The van der Waals surface area contributed by atoms with E-state index in [1.165, 1.54) is 31.4 Å². The third-order valence-corrected chi connectivity index (χ3v) is 5.16. The van der Waals surface area contributed by atoms with Crippen molar-refractivity contribution in [2.75, 3.05) is 12.4 Å². The number of anilines is 2. The molecule has 0 fully saturated rings. The van der Waals surface area contributed by atoms with Crippen LogP contribution in [-0.2, 0) is 11.3 Å². The topological polar surface area (TPSA) is 52.5 Å². The van der Waals surface area contributed by atoms with Crippen LogP contribution in [0.5, 0.6) is 5.75 Å². The highest BCUT2D eigenvalue weighted by molar-refractivity contribution is 6.31. The van der Waals surface area contributed by atoms with Crippen LogP contribution >= 0.6 is 11.6 Å². The zero-order valence-corrected chi connectivity index (χ0v) is 18.1. The molecule has 0 spiro atoms. The molecule has 3 aromatic carbocycles. The summed E-state index contributed by atoms with van der Waals surface area (Å²) in [6.07, 6.45) is -2.88. The molecule has 0 aliphatic heterocycles. The number of rotatable bonds is 6. The van der Waals surface area contributed by atoms with Crippen molar-refractivity contribution >= 4 is 39.8 Å². The number of methoxy groups -OCH3 is 1. The molecule has 33 heavy (non-hydrogen) atoms. The predicted molar refractivity (Wildman–Crippen MR) is 120 cm³/mol. The van der Waals surface area contributed by atoms with Gasteiger partial charge in [-0.25, -0.2) is 4.79 Å². The number of benzene rings is 3. The molecule has 0 unspecified atom stereocenters. The van der Waals surface area contributed by atoms with Crippen LogP contribution < -0.4 is 10.1 Å². The fourth-order valence-electron chi connectivity index (χ4n) is 3.51. The minimum Gasteiger partial charge on any atom is -0.465 e. The molecule has 9 heteroatoms. The molecule has 5 nitrogen and oxygen atoms in total. The fraction of sp³-hybridized carbons (Fsp3) is 0.125. The summed E-state index contributed by atoms with van der Waals surface area (Å²) in [5.74, 6) is -0.767. The van der Waals surface area contributed by atoms with Gasteiger partial charge in [0.05, 0.1) is 18.4 Å². The predicted octanol–water partition coefficient (Wildman–Crippen LogP) is 6.77. The van der Waals surface area contributed by atoms with Crippen LogP contribution in [0.4, 0.5) is 24.5 Å². The molecule has 0 atom stereocenters. The quantitative estimate of drug-likeness (QED) is 0.313. The summed E-state index contributed by atoms with van der Waals surface area (Å²) < 4.78 is 48.2.